The van der Waals surface area contributed by atoms with E-state index in [1.54, 1.807) is 6.20 Å². The topological polar surface area (TPSA) is 67.3 Å². The summed E-state index contributed by atoms with van der Waals surface area (Å²) in [6.45, 7) is 3.25. The van der Waals surface area contributed by atoms with Gasteiger partial charge in [0.2, 0.25) is 5.95 Å². The van der Waals surface area contributed by atoms with Gasteiger partial charge in [0.1, 0.15) is 6.61 Å². The van der Waals surface area contributed by atoms with Crippen molar-refractivity contribution in [2.75, 3.05) is 31.6 Å². The van der Waals surface area contributed by atoms with Gasteiger partial charge in [0.05, 0.1) is 15.7 Å². The van der Waals surface area contributed by atoms with Crippen molar-refractivity contribution < 1.29 is 9.53 Å². The fourth-order valence-electron chi connectivity index (χ4n) is 4.80. The van der Waals surface area contributed by atoms with Crippen LogP contribution in [0.4, 0.5) is 10.7 Å². The maximum Gasteiger partial charge on any atom is 0.414 e. The van der Waals surface area contributed by atoms with Gasteiger partial charge in [0.25, 0.3) is 0 Å². The first kappa shape index (κ1) is 23.1. The van der Waals surface area contributed by atoms with E-state index >= 15 is 0 Å². The van der Waals surface area contributed by atoms with Crippen LogP contribution < -0.4 is 5.32 Å². The summed E-state index contributed by atoms with van der Waals surface area (Å²) in [5, 5.41) is 3.76. The average Bonchev–Trinajstić information content (AvgIpc) is 2.86. The van der Waals surface area contributed by atoms with Crippen LogP contribution in [0.5, 0.6) is 0 Å². The molecule has 2 heterocycles. The van der Waals surface area contributed by atoms with E-state index in [1.807, 2.05) is 36.4 Å². The molecule has 1 fully saturated rings. The maximum atomic E-state index is 12.3. The van der Waals surface area contributed by atoms with Gasteiger partial charge in [-0.15, -0.1) is 0 Å². The first-order chi connectivity index (χ1) is 16.6. The van der Waals surface area contributed by atoms with Gasteiger partial charge in [0.15, 0.2) is 0 Å². The van der Waals surface area contributed by atoms with E-state index in [2.05, 4.69) is 26.3 Å². The number of rotatable bonds is 5. The number of likely N-dealkylation sites (tertiary alicyclic amines) is 1. The van der Waals surface area contributed by atoms with Crippen molar-refractivity contribution in [2.45, 2.75) is 31.6 Å². The summed E-state index contributed by atoms with van der Waals surface area (Å²) in [5.41, 5.74) is 5.10. The number of amides is 1. The zero-order chi connectivity index (χ0) is 23.5. The third kappa shape index (κ3) is 5.04. The highest BCUT2D eigenvalue weighted by Gasteiger charge is 2.28. The third-order valence-electron chi connectivity index (χ3n) is 6.53. The van der Waals surface area contributed by atoms with E-state index in [1.165, 1.54) is 19.3 Å². The van der Waals surface area contributed by atoms with E-state index < -0.39 is 6.09 Å². The lowest BCUT2D eigenvalue weighted by atomic mass is 9.78. The molecule has 5 rings (SSSR count). The molecular weight excluding hydrogens is 471 g/mol. The van der Waals surface area contributed by atoms with Crippen LogP contribution in [-0.4, -0.2) is 47.2 Å². The maximum absolute atomic E-state index is 12.3. The number of hydrogen-bond acceptors (Lipinski definition) is 5. The minimum Gasteiger partial charge on any atom is -0.448 e. The number of ether oxygens (including phenoxy) is 1. The number of piperidine rings is 1. The molecule has 1 aliphatic heterocycles. The number of benzene rings is 2. The molecule has 1 atom stereocenters. The Morgan fingerprint density at radius 3 is 2.74 bits per heavy atom. The summed E-state index contributed by atoms with van der Waals surface area (Å²) >= 11 is 12.4. The van der Waals surface area contributed by atoms with E-state index in [0.717, 1.165) is 54.0 Å². The number of nitrogens with one attached hydrogen (secondary N) is 1. The van der Waals surface area contributed by atoms with Crippen LogP contribution in [0.2, 0.25) is 10.0 Å². The highest BCUT2D eigenvalue weighted by Crippen LogP contribution is 2.42. The molecule has 0 bridgehead atoms. The largest absolute Gasteiger partial charge is 0.448 e. The van der Waals surface area contributed by atoms with Crippen molar-refractivity contribution in [3.05, 3.63) is 75.4 Å². The Hall–Kier alpha value is -2.67. The van der Waals surface area contributed by atoms with Crippen LogP contribution in [0.3, 0.4) is 0 Å². The molecule has 0 radical (unpaired) electrons. The molecule has 1 aliphatic carbocycles. The van der Waals surface area contributed by atoms with Crippen molar-refractivity contribution in [1.29, 1.82) is 0 Å². The average molecular weight is 497 g/mol. The minimum atomic E-state index is -0.533. The van der Waals surface area contributed by atoms with Crippen LogP contribution in [-0.2, 0) is 11.2 Å². The van der Waals surface area contributed by atoms with Crippen molar-refractivity contribution in [3.63, 3.8) is 0 Å². The van der Waals surface area contributed by atoms with E-state index in [4.69, 9.17) is 27.9 Å². The van der Waals surface area contributed by atoms with Gasteiger partial charge < -0.3 is 4.74 Å². The Balaban J connectivity index is 1.31. The molecule has 0 saturated carbocycles. The van der Waals surface area contributed by atoms with Gasteiger partial charge >= 0.3 is 6.09 Å². The van der Waals surface area contributed by atoms with Crippen molar-refractivity contribution in [1.82, 2.24) is 14.9 Å². The normalized spacial score (nSPS) is 17.5. The molecule has 1 N–H and O–H groups in total. The number of halogens is 2. The summed E-state index contributed by atoms with van der Waals surface area (Å²) in [7, 11) is 0. The summed E-state index contributed by atoms with van der Waals surface area (Å²) in [4.78, 5) is 23.7. The van der Waals surface area contributed by atoms with E-state index in [9.17, 15) is 4.79 Å². The van der Waals surface area contributed by atoms with E-state index in [-0.39, 0.29) is 11.9 Å². The molecule has 1 unspecified atom stereocenters. The standard InChI is InChI=1S/C26H26Cl2N4O2/c27-22-9-8-17(15-23(22)28)21-14-18-16-29-25(30-24(18)20-7-3-2-6-19(20)21)31-26(33)34-13-12-32-10-4-1-5-11-32/h2-3,6-9,15-16,21H,1,4-5,10-14H2,(H,29,30,31,33). The highest BCUT2D eigenvalue weighted by molar-refractivity contribution is 6.42. The van der Waals surface area contributed by atoms with Gasteiger partial charge in [-0.2, -0.15) is 0 Å². The molecule has 6 nitrogen and oxygen atoms in total. The summed E-state index contributed by atoms with van der Waals surface area (Å²) in [6.07, 6.45) is 5.68. The van der Waals surface area contributed by atoms with Crippen molar-refractivity contribution in [2.24, 2.45) is 0 Å². The van der Waals surface area contributed by atoms with Crippen LogP contribution in [0, 0.1) is 0 Å². The zero-order valence-corrected chi connectivity index (χ0v) is 20.3. The Labute approximate surface area is 209 Å². The molecular formula is C26H26Cl2N4O2. The lowest BCUT2D eigenvalue weighted by Gasteiger charge is -2.27. The third-order valence-corrected chi connectivity index (χ3v) is 7.27. The fourth-order valence-corrected chi connectivity index (χ4v) is 5.11. The lowest BCUT2D eigenvalue weighted by molar-refractivity contribution is 0.131. The Kier molecular flexibility index (Phi) is 6.99. The molecule has 1 saturated heterocycles. The van der Waals surface area contributed by atoms with Crippen LogP contribution in [0.15, 0.2) is 48.7 Å². The number of carbonyl (C=O) groups is 1. The predicted molar refractivity (Wildman–Crippen MR) is 135 cm³/mol. The summed E-state index contributed by atoms with van der Waals surface area (Å²) < 4.78 is 5.36. The first-order valence-electron chi connectivity index (χ1n) is 11.6. The molecule has 2 aromatic carbocycles. The molecule has 34 heavy (non-hydrogen) atoms. The van der Waals surface area contributed by atoms with E-state index in [0.29, 0.717) is 16.7 Å². The Morgan fingerprint density at radius 1 is 1.09 bits per heavy atom. The number of fused-ring (bicyclic) bond motifs is 3. The number of aromatic nitrogens is 2. The summed E-state index contributed by atoms with van der Waals surface area (Å²) in [6, 6.07) is 13.9. The molecule has 2 aliphatic rings. The SMILES string of the molecule is O=C(Nc1ncc2c(n1)-c1ccccc1C(c1ccc(Cl)c(Cl)c1)C2)OCCN1CCCCC1. The number of nitrogens with zero attached hydrogens (tertiary/aromatic N) is 3. The van der Waals surface area contributed by atoms with Crippen LogP contribution in [0.1, 0.15) is 41.9 Å². The van der Waals surface area contributed by atoms with Gasteiger partial charge in [-0.25, -0.2) is 14.8 Å². The van der Waals surface area contributed by atoms with Gasteiger partial charge in [-0.3, -0.25) is 10.2 Å². The molecule has 1 amide bonds. The monoisotopic (exact) mass is 496 g/mol. The molecule has 8 heteroatoms. The first-order valence-corrected chi connectivity index (χ1v) is 12.4. The van der Waals surface area contributed by atoms with Gasteiger partial charge in [0, 0.05) is 24.2 Å². The fraction of sp³-hybridized carbons (Fsp3) is 0.346. The molecule has 1 aromatic heterocycles. The smallest absolute Gasteiger partial charge is 0.414 e. The molecule has 0 spiro atoms. The Bertz CT molecular complexity index is 1200. The Morgan fingerprint density at radius 2 is 1.91 bits per heavy atom. The quantitative estimate of drug-likeness (QED) is 0.457. The summed E-state index contributed by atoms with van der Waals surface area (Å²) in [5.74, 6) is 0.352. The van der Waals surface area contributed by atoms with Crippen molar-refractivity contribution >= 4 is 35.2 Å². The molecule has 3 aromatic rings. The number of carbonyl (C=O) groups excluding carboxylic acids is 1. The van der Waals surface area contributed by atoms with Crippen LogP contribution in [0.25, 0.3) is 11.3 Å². The van der Waals surface area contributed by atoms with Gasteiger partial charge in [-0.1, -0.05) is 60.0 Å². The highest BCUT2D eigenvalue weighted by atomic mass is 35.5. The van der Waals surface area contributed by atoms with Gasteiger partial charge in [-0.05, 0) is 61.2 Å². The lowest BCUT2D eigenvalue weighted by Crippen LogP contribution is -2.33. The second-order valence-electron chi connectivity index (χ2n) is 8.75. The molecule has 176 valence electrons. The predicted octanol–water partition coefficient (Wildman–Crippen LogP) is 6.17. The second-order valence-corrected chi connectivity index (χ2v) is 9.56. The zero-order valence-electron chi connectivity index (χ0n) is 18.8. The number of anilines is 1. The minimum absolute atomic E-state index is 0.112. The van der Waals surface area contributed by atoms with Crippen LogP contribution >= 0.6 is 23.2 Å². The second kappa shape index (κ2) is 10.3. The number of hydrogen-bond donors (Lipinski definition) is 1. The van der Waals surface area contributed by atoms with Crippen molar-refractivity contribution in [3.8, 4) is 11.3 Å².